The van der Waals surface area contributed by atoms with Crippen LogP contribution in [-0.4, -0.2) is 11.9 Å². The maximum atomic E-state index is 11.8. The summed E-state index contributed by atoms with van der Waals surface area (Å²) in [6.07, 6.45) is 0.287. The van der Waals surface area contributed by atoms with Crippen LogP contribution in [0.25, 0.3) is 0 Å². The second-order valence-corrected chi connectivity index (χ2v) is 4.13. The Morgan fingerprint density at radius 3 is 2.88 bits per heavy atom. The monoisotopic (exact) mass is 236 g/mol. The van der Waals surface area contributed by atoms with Crippen LogP contribution in [0.5, 0.6) is 0 Å². The molecule has 0 aliphatic carbocycles. The fourth-order valence-electron chi connectivity index (χ4n) is 1.29. The first-order valence-corrected chi connectivity index (χ1v) is 5.36. The molecule has 0 saturated carbocycles. The Labute approximate surface area is 100 Å². The maximum Gasteiger partial charge on any atom is 0.253 e. The lowest BCUT2D eigenvalue weighted by Gasteiger charge is -2.11. The molecule has 1 unspecified atom stereocenters. The molecule has 3 nitrogen and oxygen atoms in total. The Hall–Kier alpha value is -1.53. The van der Waals surface area contributed by atoms with Crippen molar-refractivity contribution in [2.45, 2.75) is 26.3 Å². The van der Waals surface area contributed by atoms with Crippen LogP contribution in [0.15, 0.2) is 18.2 Å². The van der Waals surface area contributed by atoms with Gasteiger partial charge in [0.1, 0.15) is 0 Å². The average Bonchev–Trinajstić information content (AvgIpc) is 2.17. The number of aryl methyl sites for hydroxylation is 1. The molecule has 0 spiro atoms. The average molecular weight is 237 g/mol. The van der Waals surface area contributed by atoms with Crippen molar-refractivity contribution in [2.24, 2.45) is 0 Å². The quantitative estimate of drug-likeness (QED) is 0.877. The Balaban J connectivity index is 2.78. The number of nitrogens with one attached hydrogen (secondary N) is 1. The van der Waals surface area contributed by atoms with E-state index in [1.54, 1.807) is 19.1 Å². The van der Waals surface area contributed by atoms with Crippen LogP contribution in [0.1, 0.15) is 29.3 Å². The number of amides is 1. The third kappa shape index (κ3) is 3.25. The van der Waals surface area contributed by atoms with Gasteiger partial charge < -0.3 is 5.32 Å². The van der Waals surface area contributed by atoms with E-state index in [9.17, 15) is 4.79 Å². The highest BCUT2D eigenvalue weighted by Crippen LogP contribution is 2.17. The SMILES string of the molecule is Cc1ccc(C(=O)NC(C)CC#N)c(Cl)c1. The first-order chi connectivity index (χ1) is 7.54. The molecule has 1 aromatic rings. The Kier molecular flexibility index (Phi) is 4.33. The molecule has 0 aliphatic rings. The van der Waals surface area contributed by atoms with Crippen molar-refractivity contribution >= 4 is 17.5 Å². The Morgan fingerprint density at radius 1 is 1.62 bits per heavy atom. The van der Waals surface area contributed by atoms with Gasteiger partial charge in [-0.2, -0.15) is 5.26 Å². The standard InChI is InChI=1S/C12H13ClN2O/c1-8-3-4-10(11(13)7-8)12(16)15-9(2)5-6-14/h3-4,7,9H,5H2,1-2H3,(H,15,16). The summed E-state index contributed by atoms with van der Waals surface area (Å²) in [7, 11) is 0. The first-order valence-electron chi connectivity index (χ1n) is 4.98. The highest BCUT2D eigenvalue weighted by atomic mass is 35.5. The van der Waals surface area contributed by atoms with Crippen molar-refractivity contribution in [3.8, 4) is 6.07 Å². The summed E-state index contributed by atoms with van der Waals surface area (Å²) in [5, 5.41) is 11.6. The molecule has 84 valence electrons. The van der Waals surface area contributed by atoms with Gasteiger partial charge in [0.05, 0.1) is 23.1 Å². The Bertz CT molecular complexity index is 437. The van der Waals surface area contributed by atoms with E-state index in [0.717, 1.165) is 5.56 Å². The van der Waals surface area contributed by atoms with E-state index in [1.165, 1.54) is 0 Å². The smallest absolute Gasteiger partial charge is 0.253 e. The predicted octanol–water partition coefficient (Wildman–Crippen LogP) is 2.68. The third-order valence-electron chi connectivity index (χ3n) is 2.14. The molecular weight excluding hydrogens is 224 g/mol. The molecule has 0 radical (unpaired) electrons. The molecule has 16 heavy (non-hydrogen) atoms. The third-order valence-corrected chi connectivity index (χ3v) is 2.46. The fourth-order valence-corrected chi connectivity index (χ4v) is 1.61. The zero-order chi connectivity index (χ0) is 12.1. The van der Waals surface area contributed by atoms with E-state index in [-0.39, 0.29) is 18.4 Å². The number of hydrogen-bond donors (Lipinski definition) is 1. The minimum Gasteiger partial charge on any atom is -0.349 e. The molecule has 1 amide bonds. The number of nitrogens with zero attached hydrogens (tertiary/aromatic N) is 1. The van der Waals surface area contributed by atoms with Crippen molar-refractivity contribution < 1.29 is 4.79 Å². The highest BCUT2D eigenvalue weighted by Gasteiger charge is 2.12. The predicted molar refractivity (Wildman–Crippen MR) is 63.3 cm³/mol. The van der Waals surface area contributed by atoms with Crippen molar-refractivity contribution in [1.29, 1.82) is 5.26 Å². The summed E-state index contributed by atoms with van der Waals surface area (Å²) >= 11 is 5.96. The van der Waals surface area contributed by atoms with E-state index in [4.69, 9.17) is 16.9 Å². The van der Waals surface area contributed by atoms with Gasteiger partial charge in [-0.3, -0.25) is 4.79 Å². The van der Waals surface area contributed by atoms with Crippen LogP contribution in [0, 0.1) is 18.3 Å². The molecular formula is C12H13ClN2O. The molecule has 0 saturated heterocycles. The van der Waals surface area contributed by atoms with Gasteiger partial charge in [0.25, 0.3) is 5.91 Å². The second-order valence-electron chi connectivity index (χ2n) is 3.72. The fraction of sp³-hybridized carbons (Fsp3) is 0.333. The van der Waals surface area contributed by atoms with Gasteiger partial charge in [-0.15, -0.1) is 0 Å². The lowest BCUT2D eigenvalue weighted by molar-refractivity contribution is 0.0941. The van der Waals surface area contributed by atoms with Crippen molar-refractivity contribution in [3.05, 3.63) is 34.3 Å². The van der Waals surface area contributed by atoms with E-state index in [2.05, 4.69) is 5.32 Å². The second kappa shape index (κ2) is 5.53. The summed E-state index contributed by atoms with van der Waals surface area (Å²) in [4.78, 5) is 11.8. The minimum absolute atomic E-state index is 0.171. The molecule has 0 heterocycles. The number of nitriles is 1. The number of rotatable bonds is 3. The van der Waals surface area contributed by atoms with Crippen molar-refractivity contribution in [3.63, 3.8) is 0 Å². The molecule has 0 fully saturated rings. The number of hydrogen-bond acceptors (Lipinski definition) is 2. The molecule has 1 aromatic carbocycles. The van der Waals surface area contributed by atoms with Gasteiger partial charge in [0, 0.05) is 6.04 Å². The lowest BCUT2D eigenvalue weighted by atomic mass is 10.1. The number of carbonyl (C=O) groups is 1. The number of carbonyl (C=O) groups excluding carboxylic acids is 1. The van der Waals surface area contributed by atoms with Gasteiger partial charge >= 0.3 is 0 Å². The molecule has 0 aliphatic heterocycles. The summed E-state index contributed by atoms with van der Waals surface area (Å²) < 4.78 is 0. The maximum absolute atomic E-state index is 11.8. The van der Waals surface area contributed by atoms with Gasteiger partial charge in [0.2, 0.25) is 0 Å². The molecule has 1 rings (SSSR count). The molecule has 1 N–H and O–H groups in total. The molecule has 0 bridgehead atoms. The number of halogens is 1. The lowest BCUT2D eigenvalue weighted by Crippen LogP contribution is -2.32. The van der Waals surface area contributed by atoms with E-state index in [0.29, 0.717) is 10.6 Å². The van der Waals surface area contributed by atoms with Crippen LogP contribution in [0.3, 0.4) is 0 Å². The van der Waals surface area contributed by atoms with Crippen LogP contribution in [-0.2, 0) is 0 Å². The van der Waals surface area contributed by atoms with E-state index >= 15 is 0 Å². The van der Waals surface area contributed by atoms with Crippen LogP contribution in [0.2, 0.25) is 5.02 Å². The van der Waals surface area contributed by atoms with Gasteiger partial charge in [-0.25, -0.2) is 0 Å². The first kappa shape index (κ1) is 12.5. The zero-order valence-corrected chi connectivity index (χ0v) is 10.0. The van der Waals surface area contributed by atoms with E-state index in [1.807, 2.05) is 19.1 Å². The summed E-state index contributed by atoms with van der Waals surface area (Å²) in [5.41, 5.74) is 1.45. The highest BCUT2D eigenvalue weighted by molar-refractivity contribution is 6.33. The van der Waals surface area contributed by atoms with E-state index < -0.39 is 0 Å². The summed E-state index contributed by atoms with van der Waals surface area (Å²) in [5.74, 6) is -0.243. The molecule has 0 aromatic heterocycles. The minimum atomic E-state index is -0.243. The van der Waals surface area contributed by atoms with Crippen LogP contribution in [0.4, 0.5) is 0 Å². The van der Waals surface area contributed by atoms with Gasteiger partial charge in [-0.1, -0.05) is 17.7 Å². The molecule has 1 atom stereocenters. The molecule has 4 heteroatoms. The normalized spacial score (nSPS) is 11.6. The Morgan fingerprint density at radius 2 is 2.31 bits per heavy atom. The number of benzene rings is 1. The topological polar surface area (TPSA) is 52.9 Å². The summed E-state index contributed by atoms with van der Waals surface area (Å²) in [6.45, 7) is 3.69. The summed E-state index contributed by atoms with van der Waals surface area (Å²) in [6, 6.07) is 7.09. The van der Waals surface area contributed by atoms with Crippen LogP contribution >= 0.6 is 11.6 Å². The van der Waals surface area contributed by atoms with Gasteiger partial charge in [-0.05, 0) is 31.5 Å². The van der Waals surface area contributed by atoms with Crippen LogP contribution < -0.4 is 5.32 Å². The zero-order valence-electron chi connectivity index (χ0n) is 9.25. The van der Waals surface area contributed by atoms with Crippen molar-refractivity contribution in [2.75, 3.05) is 0 Å². The van der Waals surface area contributed by atoms with Crippen molar-refractivity contribution in [1.82, 2.24) is 5.32 Å². The van der Waals surface area contributed by atoms with Gasteiger partial charge in [0.15, 0.2) is 0 Å². The largest absolute Gasteiger partial charge is 0.349 e.